The normalized spacial score (nSPS) is 11.9. The molecule has 0 saturated heterocycles. The first-order chi connectivity index (χ1) is 16.2. The summed E-state index contributed by atoms with van der Waals surface area (Å²) in [7, 11) is -4.25. The van der Waals surface area contributed by atoms with E-state index in [9.17, 15) is 18.5 Å². The van der Waals surface area contributed by atoms with Crippen LogP contribution in [-0.4, -0.2) is 17.8 Å². The monoisotopic (exact) mass is 511 g/mol. The third kappa shape index (κ3) is 4.54. The van der Waals surface area contributed by atoms with Gasteiger partial charge < -0.3 is 4.74 Å². The molecule has 34 heavy (non-hydrogen) atoms. The van der Waals surface area contributed by atoms with E-state index < -0.39 is 20.3 Å². The van der Waals surface area contributed by atoms with Crippen molar-refractivity contribution < 1.29 is 13.2 Å². The number of fused-ring (bicyclic) bond motifs is 1. The highest BCUT2D eigenvalue weighted by Crippen LogP contribution is 2.28. The molecule has 0 fully saturated rings. The van der Waals surface area contributed by atoms with E-state index in [1.54, 1.807) is 49.4 Å². The van der Waals surface area contributed by atoms with Crippen molar-refractivity contribution >= 4 is 44.8 Å². The number of nitriles is 1. The fourth-order valence-electron chi connectivity index (χ4n) is 3.15. The average Bonchev–Trinajstić information content (AvgIpc) is 2.81. The summed E-state index contributed by atoms with van der Waals surface area (Å²) in [5.41, 5.74) is 0.224. The van der Waals surface area contributed by atoms with Crippen LogP contribution in [0.3, 0.4) is 0 Å². The van der Waals surface area contributed by atoms with E-state index in [2.05, 4.69) is 4.98 Å². The van der Waals surface area contributed by atoms with E-state index in [1.807, 2.05) is 0 Å². The zero-order valence-corrected chi connectivity index (χ0v) is 19.9. The molecule has 0 spiro atoms. The molecular formula is C24H15Cl2N3O4S. The molecule has 0 aliphatic carbocycles. The number of sulfone groups is 1. The summed E-state index contributed by atoms with van der Waals surface area (Å²) >= 11 is 11.8. The molecule has 0 unspecified atom stereocenters. The number of aryl methyl sites for hydroxylation is 1. The standard InChI is InChI=1S/C24H15Cl2N3O4S/c1-15-3-2-12-29-22(15)28-23(33-18-8-4-16(25)5-9-18)21(24(29)30)13-20(14-27)34(31,32)19-10-6-17(26)7-11-19/h2-13H,1H3. The highest BCUT2D eigenvalue weighted by Gasteiger charge is 2.24. The van der Waals surface area contributed by atoms with E-state index in [-0.39, 0.29) is 16.3 Å². The fourth-order valence-corrected chi connectivity index (χ4v) is 4.54. The topological polar surface area (TPSA) is 102 Å². The summed E-state index contributed by atoms with van der Waals surface area (Å²) in [5, 5.41) is 10.5. The number of ether oxygens (including phenoxy) is 1. The van der Waals surface area contributed by atoms with Gasteiger partial charge in [-0.25, -0.2) is 8.42 Å². The van der Waals surface area contributed by atoms with Gasteiger partial charge in [-0.15, -0.1) is 0 Å². The molecule has 0 atom stereocenters. The summed E-state index contributed by atoms with van der Waals surface area (Å²) < 4.78 is 33.3. The molecule has 4 aromatic rings. The van der Waals surface area contributed by atoms with E-state index in [0.717, 1.165) is 6.08 Å². The zero-order valence-electron chi connectivity index (χ0n) is 17.6. The van der Waals surface area contributed by atoms with E-state index in [0.29, 0.717) is 27.0 Å². The smallest absolute Gasteiger partial charge is 0.269 e. The van der Waals surface area contributed by atoms with Gasteiger partial charge in [0.1, 0.15) is 27.9 Å². The van der Waals surface area contributed by atoms with Crippen LogP contribution in [0.1, 0.15) is 11.1 Å². The number of pyridine rings is 1. The van der Waals surface area contributed by atoms with Crippen molar-refractivity contribution in [2.75, 3.05) is 0 Å². The van der Waals surface area contributed by atoms with Crippen LogP contribution in [0.25, 0.3) is 11.7 Å². The quantitative estimate of drug-likeness (QED) is 0.330. The Balaban J connectivity index is 1.95. The minimum absolute atomic E-state index is 0.144. The van der Waals surface area contributed by atoms with Gasteiger partial charge in [-0.05, 0) is 73.2 Å². The largest absolute Gasteiger partial charge is 0.438 e. The Morgan fingerprint density at radius 1 is 1.06 bits per heavy atom. The Morgan fingerprint density at radius 3 is 2.29 bits per heavy atom. The molecule has 4 rings (SSSR count). The molecule has 2 aromatic carbocycles. The van der Waals surface area contributed by atoms with E-state index >= 15 is 0 Å². The van der Waals surface area contributed by atoms with Gasteiger partial charge in [0.15, 0.2) is 0 Å². The van der Waals surface area contributed by atoms with Gasteiger partial charge in [-0.2, -0.15) is 10.2 Å². The lowest BCUT2D eigenvalue weighted by molar-refractivity contribution is 0.461. The van der Waals surface area contributed by atoms with Crippen molar-refractivity contribution in [1.29, 1.82) is 5.26 Å². The summed E-state index contributed by atoms with van der Waals surface area (Å²) in [6.07, 6.45) is 2.47. The first-order valence-corrected chi connectivity index (χ1v) is 12.0. The van der Waals surface area contributed by atoms with Crippen molar-refractivity contribution in [3.63, 3.8) is 0 Å². The van der Waals surface area contributed by atoms with Crippen molar-refractivity contribution in [2.24, 2.45) is 0 Å². The Hall–Kier alpha value is -3.64. The van der Waals surface area contributed by atoms with E-state index in [1.165, 1.54) is 34.9 Å². The predicted molar refractivity (Wildman–Crippen MR) is 130 cm³/mol. The number of benzene rings is 2. The second-order valence-electron chi connectivity index (χ2n) is 7.15. The van der Waals surface area contributed by atoms with Gasteiger partial charge >= 0.3 is 0 Å². The van der Waals surface area contributed by atoms with Gasteiger partial charge in [-0.3, -0.25) is 9.20 Å². The number of nitrogens with zero attached hydrogens (tertiary/aromatic N) is 3. The second-order valence-corrected chi connectivity index (χ2v) is 9.95. The predicted octanol–water partition coefficient (Wildman–Crippen LogP) is 5.44. The molecule has 2 heterocycles. The van der Waals surface area contributed by atoms with Gasteiger partial charge in [0.2, 0.25) is 15.7 Å². The molecule has 0 amide bonds. The lowest BCUT2D eigenvalue weighted by Gasteiger charge is -2.12. The van der Waals surface area contributed by atoms with Crippen LogP contribution >= 0.6 is 23.2 Å². The van der Waals surface area contributed by atoms with Crippen LogP contribution in [0.2, 0.25) is 10.0 Å². The molecule has 0 N–H and O–H groups in total. The molecule has 2 aromatic heterocycles. The average molecular weight is 512 g/mol. The lowest BCUT2D eigenvalue weighted by Crippen LogP contribution is -2.20. The SMILES string of the molecule is Cc1cccn2c(=O)c(C=C(C#N)S(=O)(=O)c3ccc(Cl)cc3)c(Oc3ccc(Cl)cc3)nc12. The Morgan fingerprint density at radius 2 is 1.68 bits per heavy atom. The molecule has 0 aliphatic rings. The Kier molecular flexibility index (Phi) is 6.44. The highest BCUT2D eigenvalue weighted by molar-refractivity contribution is 7.95. The number of hydrogen-bond donors (Lipinski definition) is 0. The number of allylic oxidation sites excluding steroid dienone is 1. The van der Waals surface area contributed by atoms with Crippen LogP contribution in [0.4, 0.5) is 0 Å². The first-order valence-electron chi connectivity index (χ1n) is 9.78. The summed E-state index contributed by atoms with van der Waals surface area (Å²) in [6, 6.07) is 16.8. The summed E-state index contributed by atoms with van der Waals surface area (Å²) in [4.78, 5) is 17.0. The van der Waals surface area contributed by atoms with Crippen molar-refractivity contribution in [1.82, 2.24) is 9.38 Å². The van der Waals surface area contributed by atoms with Crippen molar-refractivity contribution in [2.45, 2.75) is 11.8 Å². The van der Waals surface area contributed by atoms with E-state index in [4.69, 9.17) is 27.9 Å². The molecule has 0 bridgehead atoms. The molecule has 170 valence electrons. The number of rotatable bonds is 5. The minimum Gasteiger partial charge on any atom is -0.438 e. The maximum absolute atomic E-state index is 13.4. The molecule has 7 nitrogen and oxygen atoms in total. The van der Waals surface area contributed by atoms with Gasteiger partial charge in [0.25, 0.3) is 5.56 Å². The minimum atomic E-state index is -4.25. The zero-order chi connectivity index (χ0) is 24.5. The molecule has 0 radical (unpaired) electrons. The van der Waals surface area contributed by atoms with Crippen LogP contribution in [0.15, 0.2) is 81.5 Å². The van der Waals surface area contributed by atoms with Crippen LogP contribution in [0, 0.1) is 18.3 Å². The third-order valence-electron chi connectivity index (χ3n) is 4.88. The molecule has 0 aliphatic heterocycles. The Bertz CT molecular complexity index is 1640. The molecular weight excluding hydrogens is 497 g/mol. The maximum Gasteiger partial charge on any atom is 0.269 e. The summed E-state index contributed by atoms with van der Waals surface area (Å²) in [5.74, 6) is 0.170. The van der Waals surface area contributed by atoms with Crippen molar-refractivity contribution in [3.8, 4) is 17.7 Å². The fraction of sp³-hybridized carbons (Fsp3) is 0.0417. The van der Waals surface area contributed by atoms with Gasteiger partial charge in [-0.1, -0.05) is 29.3 Å². The highest BCUT2D eigenvalue weighted by atomic mass is 35.5. The van der Waals surface area contributed by atoms with Crippen molar-refractivity contribution in [3.05, 3.63) is 103 Å². The number of halogens is 2. The number of hydrogen-bond acceptors (Lipinski definition) is 6. The van der Waals surface area contributed by atoms with Crippen LogP contribution in [0.5, 0.6) is 11.6 Å². The summed E-state index contributed by atoms with van der Waals surface area (Å²) in [6.45, 7) is 1.77. The van der Waals surface area contributed by atoms with Crippen LogP contribution in [-0.2, 0) is 9.84 Å². The van der Waals surface area contributed by atoms with Gasteiger partial charge in [0, 0.05) is 16.2 Å². The first kappa shape index (κ1) is 23.5. The van der Waals surface area contributed by atoms with Crippen LogP contribution < -0.4 is 10.3 Å². The Labute approximate surface area is 205 Å². The third-order valence-corrected chi connectivity index (χ3v) is 7.06. The second kappa shape index (κ2) is 9.31. The molecule has 10 heteroatoms. The molecule has 0 saturated carbocycles. The lowest BCUT2D eigenvalue weighted by atomic mass is 10.2. The number of aromatic nitrogens is 2. The van der Waals surface area contributed by atoms with Gasteiger partial charge in [0.05, 0.1) is 4.90 Å². The maximum atomic E-state index is 13.4.